The molecule has 0 bridgehead atoms. The van der Waals surface area contributed by atoms with Crippen LogP contribution in [0.4, 0.5) is 5.69 Å². The maximum atomic E-state index is 12.1. The molecular formula is C15H21N3O3. The van der Waals surface area contributed by atoms with Gasteiger partial charge in [0, 0.05) is 26.2 Å². The number of carbonyl (C=O) groups is 2. The lowest BCUT2D eigenvalue weighted by atomic mass is 10.1. The fourth-order valence-electron chi connectivity index (χ4n) is 2.45. The Balaban J connectivity index is 2.05. The molecule has 1 aromatic rings. The Morgan fingerprint density at radius 3 is 2.48 bits per heavy atom. The van der Waals surface area contributed by atoms with Crippen molar-refractivity contribution in [2.75, 3.05) is 32.5 Å². The molecule has 6 heteroatoms. The maximum absolute atomic E-state index is 12.1. The standard InChI is InChI=1S/C15H21N3O3/c1-3-6-17-7-8-18(15(20)14(17)19)10-11-4-5-13(21-2)12(16)9-11/h4-5,9H,3,6-8,10,16H2,1-2H3. The van der Waals surface area contributed by atoms with Gasteiger partial charge in [0.2, 0.25) is 0 Å². The van der Waals surface area contributed by atoms with Crippen molar-refractivity contribution in [1.82, 2.24) is 9.80 Å². The lowest BCUT2D eigenvalue weighted by Crippen LogP contribution is -2.53. The third kappa shape index (κ3) is 3.26. The van der Waals surface area contributed by atoms with Gasteiger partial charge >= 0.3 is 11.8 Å². The highest BCUT2D eigenvalue weighted by Crippen LogP contribution is 2.23. The van der Waals surface area contributed by atoms with E-state index in [4.69, 9.17) is 10.5 Å². The van der Waals surface area contributed by atoms with Crippen LogP contribution in [0.25, 0.3) is 0 Å². The van der Waals surface area contributed by atoms with Crippen molar-refractivity contribution >= 4 is 17.5 Å². The second-order valence-corrected chi connectivity index (χ2v) is 5.10. The van der Waals surface area contributed by atoms with Gasteiger partial charge in [-0.1, -0.05) is 13.0 Å². The van der Waals surface area contributed by atoms with Crippen LogP contribution in [0, 0.1) is 0 Å². The second-order valence-electron chi connectivity index (χ2n) is 5.10. The number of anilines is 1. The molecule has 114 valence electrons. The van der Waals surface area contributed by atoms with Gasteiger partial charge in [0.05, 0.1) is 12.8 Å². The molecule has 0 radical (unpaired) electrons. The quantitative estimate of drug-likeness (QED) is 0.645. The Kier molecular flexibility index (Phi) is 4.67. The predicted molar refractivity (Wildman–Crippen MR) is 79.7 cm³/mol. The maximum Gasteiger partial charge on any atom is 0.312 e. The third-order valence-electron chi connectivity index (χ3n) is 3.56. The van der Waals surface area contributed by atoms with Crippen molar-refractivity contribution < 1.29 is 14.3 Å². The Hall–Kier alpha value is -2.24. The molecule has 0 unspecified atom stereocenters. The molecule has 1 aromatic carbocycles. The lowest BCUT2D eigenvalue weighted by molar-refractivity contribution is -0.156. The second kappa shape index (κ2) is 6.47. The van der Waals surface area contributed by atoms with Gasteiger partial charge in [-0.05, 0) is 24.1 Å². The van der Waals surface area contributed by atoms with Crippen LogP contribution in [0.2, 0.25) is 0 Å². The smallest absolute Gasteiger partial charge is 0.312 e. The number of ether oxygens (including phenoxy) is 1. The molecule has 1 saturated heterocycles. The monoisotopic (exact) mass is 291 g/mol. The van der Waals surface area contributed by atoms with Crippen molar-refractivity contribution in [3.05, 3.63) is 23.8 Å². The van der Waals surface area contributed by atoms with Crippen molar-refractivity contribution in [3.8, 4) is 5.75 Å². The summed E-state index contributed by atoms with van der Waals surface area (Å²) in [7, 11) is 1.56. The number of piperazine rings is 1. The number of hydrogen-bond donors (Lipinski definition) is 1. The molecular weight excluding hydrogens is 270 g/mol. The van der Waals surface area contributed by atoms with E-state index in [2.05, 4.69) is 0 Å². The van der Waals surface area contributed by atoms with Crippen LogP contribution in [0.3, 0.4) is 0 Å². The Bertz CT molecular complexity index is 545. The highest BCUT2D eigenvalue weighted by Gasteiger charge is 2.31. The number of amides is 2. The van der Waals surface area contributed by atoms with Crippen molar-refractivity contribution in [2.45, 2.75) is 19.9 Å². The van der Waals surface area contributed by atoms with E-state index in [0.717, 1.165) is 12.0 Å². The van der Waals surface area contributed by atoms with Crippen molar-refractivity contribution in [2.24, 2.45) is 0 Å². The van der Waals surface area contributed by atoms with E-state index in [0.29, 0.717) is 37.6 Å². The molecule has 1 heterocycles. The Morgan fingerprint density at radius 1 is 1.19 bits per heavy atom. The summed E-state index contributed by atoms with van der Waals surface area (Å²) in [5.41, 5.74) is 7.27. The van der Waals surface area contributed by atoms with Gasteiger partial charge in [-0.15, -0.1) is 0 Å². The van der Waals surface area contributed by atoms with E-state index in [9.17, 15) is 9.59 Å². The fourth-order valence-corrected chi connectivity index (χ4v) is 2.45. The summed E-state index contributed by atoms with van der Waals surface area (Å²) in [5, 5.41) is 0. The molecule has 2 amide bonds. The number of rotatable bonds is 5. The number of hydrogen-bond acceptors (Lipinski definition) is 4. The normalized spacial score (nSPS) is 15.5. The van der Waals surface area contributed by atoms with E-state index in [-0.39, 0.29) is 0 Å². The summed E-state index contributed by atoms with van der Waals surface area (Å²) in [6, 6.07) is 5.39. The fraction of sp³-hybridized carbons (Fsp3) is 0.467. The lowest BCUT2D eigenvalue weighted by Gasteiger charge is -2.33. The van der Waals surface area contributed by atoms with E-state index in [1.165, 1.54) is 0 Å². The zero-order valence-electron chi connectivity index (χ0n) is 12.5. The molecule has 1 fully saturated rings. The molecule has 21 heavy (non-hydrogen) atoms. The van der Waals surface area contributed by atoms with Crippen LogP contribution < -0.4 is 10.5 Å². The molecule has 1 aliphatic rings. The van der Waals surface area contributed by atoms with Gasteiger partial charge < -0.3 is 20.3 Å². The number of carbonyl (C=O) groups excluding carboxylic acids is 2. The zero-order chi connectivity index (χ0) is 15.4. The van der Waals surface area contributed by atoms with Crippen LogP contribution in [0.5, 0.6) is 5.75 Å². The number of methoxy groups -OCH3 is 1. The van der Waals surface area contributed by atoms with Gasteiger partial charge in [0.1, 0.15) is 5.75 Å². The van der Waals surface area contributed by atoms with Gasteiger partial charge in [-0.3, -0.25) is 9.59 Å². The first kappa shape index (κ1) is 15.2. The largest absolute Gasteiger partial charge is 0.495 e. The van der Waals surface area contributed by atoms with Gasteiger partial charge in [0.25, 0.3) is 0 Å². The molecule has 2 N–H and O–H groups in total. The zero-order valence-corrected chi connectivity index (χ0v) is 12.5. The summed E-state index contributed by atoms with van der Waals surface area (Å²) in [4.78, 5) is 27.3. The summed E-state index contributed by atoms with van der Waals surface area (Å²) >= 11 is 0. The first-order valence-corrected chi connectivity index (χ1v) is 7.07. The minimum atomic E-state index is -0.441. The number of nitrogens with two attached hydrogens (primary N) is 1. The first-order chi connectivity index (χ1) is 10.1. The molecule has 0 spiro atoms. The molecule has 1 aliphatic heterocycles. The molecule has 0 atom stereocenters. The average Bonchev–Trinajstić information content (AvgIpc) is 2.47. The van der Waals surface area contributed by atoms with Crippen molar-refractivity contribution in [3.63, 3.8) is 0 Å². The van der Waals surface area contributed by atoms with Gasteiger partial charge in [-0.25, -0.2) is 0 Å². The summed E-state index contributed by atoms with van der Waals surface area (Å²) < 4.78 is 5.10. The van der Waals surface area contributed by atoms with E-state index in [1.54, 1.807) is 29.0 Å². The number of nitrogen functional groups attached to an aromatic ring is 1. The van der Waals surface area contributed by atoms with Crippen LogP contribution in [0.1, 0.15) is 18.9 Å². The summed E-state index contributed by atoms with van der Waals surface area (Å²) in [6.07, 6.45) is 0.855. The predicted octanol–water partition coefficient (Wildman–Crippen LogP) is 0.858. The van der Waals surface area contributed by atoms with E-state index >= 15 is 0 Å². The molecule has 0 aromatic heterocycles. The highest BCUT2D eigenvalue weighted by molar-refractivity contribution is 6.35. The van der Waals surface area contributed by atoms with Crippen LogP contribution in [-0.2, 0) is 16.1 Å². The first-order valence-electron chi connectivity index (χ1n) is 7.07. The van der Waals surface area contributed by atoms with E-state index < -0.39 is 11.8 Å². The minimum absolute atomic E-state index is 0.388. The average molecular weight is 291 g/mol. The summed E-state index contributed by atoms with van der Waals surface area (Å²) in [5.74, 6) is -0.248. The Morgan fingerprint density at radius 2 is 1.86 bits per heavy atom. The Labute approximate surface area is 124 Å². The van der Waals surface area contributed by atoms with Crippen molar-refractivity contribution in [1.29, 1.82) is 0 Å². The van der Waals surface area contributed by atoms with E-state index in [1.807, 2.05) is 13.0 Å². The topological polar surface area (TPSA) is 75.9 Å². The number of nitrogens with zero attached hydrogens (tertiary/aromatic N) is 2. The van der Waals surface area contributed by atoms with Crippen LogP contribution >= 0.6 is 0 Å². The SMILES string of the molecule is CCCN1CCN(Cc2ccc(OC)c(N)c2)C(=O)C1=O. The van der Waals surface area contributed by atoms with Crippen LogP contribution in [-0.4, -0.2) is 48.4 Å². The van der Waals surface area contributed by atoms with Crippen LogP contribution in [0.15, 0.2) is 18.2 Å². The summed E-state index contributed by atoms with van der Waals surface area (Å²) in [6.45, 7) is 4.15. The third-order valence-corrected chi connectivity index (χ3v) is 3.56. The van der Waals surface area contributed by atoms with Gasteiger partial charge in [-0.2, -0.15) is 0 Å². The molecule has 2 rings (SSSR count). The van der Waals surface area contributed by atoms with Gasteiger partial charge in [0.15, 0.2) is 0 Å². The minimum Gasteiger partial charge on any atom is -0.495 e. The molecule has 6 nitrogen and oxygen atoms in total. The molecule has 0 aliphatic carbocycles. The molecule has 0 saturated carbocycles. The number of benzene rings is 1. The highest BCUT2D eigenvalue weighted by atomic mass is 16.5.